The first kappa shape index (κ1) is 14.0. The smallest absolute Gasteiger partial charge is 0.300 e. The molecule has 0 atom stereocenters. The molecule has 2 heterocycles. The molecule has 108 valence electrons. The SMILES string of the molecule is Cc1c(Cl)ccc2sc(=NC(=O)c3ccn(C)n3)n(C)c12. The van der Waals surface area contributed by atoms with Crippen LogP contribution in [0.25, 0.3) is 10.2 Å². The molecule has 0 bridgehead atoms. The van der Waals surface area contributed by atoms with Crippen molar-refractivity contribution in [3.05, 3.63) is 45.5 Å². The molecule has 0 unspecified atom stereocenters. The standard InChI is InChI=1S/C14H13ClN4OS/c1-8-9(15)4-5-11-12(8)19(3)14(21-11)16-13(20)10-6-7-18(2)17-10/h4-7H,1-3H3. The van der Waals surface area contributed by atoms with Crippen molar-refractivity contribution in [2.75, 3.05) is 0 Å². The lowest BCUT2D eigenvalue weighted by Crippen LogP contribution is -2.14. The normalized spacial score (nSPS) is 12.3. The molecule has 0 spiro atoms. The van der Waals surface area contributed by atoms with Crippen molar-refractivity contribution in [1.82, 2.24) is 14.3 Å². The lowest BCUT2D eigenvalue weighted by Gasteiger charge is -2.01. The number of carbonyl (C=O) groups excluding carboxylic acids is 1. The molecule has 0 aliphatic rings. The fraction of sp³-hybridized carbons (Fsp3) is 0.214. The van der Waals surface area contributed by atoms with E-state index in [1.165, 1.54) is 11.3 Å². The van der Waals surface area contributed by atoms with Gasteiger partial charge in [-0.25, -0.2) is 0 Å². The summed E-state index contributed by atoms with van der Waals surface area (Å²) in [5.74, 6) is -0.346. The van der Waals surface area contributed by atoms with Crippen LogP contribution in [0.15, 0.2) is 29.4 Å². The van der Waals surface area contributed by atoms with Crippen LogP contribution < -0.4 is 4.80 Å². The maximum atomic E-state index is 12.1. The average molecular weight is 321 g/mol. The van der Waals surface area contributed by atoms with Gasteiger partial charge in [0, 0.05) is 25.3 Å². The largest absolute Gasteiger partial charge is 0.319 e. The van der Waals surface area contributed by atoms with Crippen LogP contribution in [0, 0.1) is 6.92 Å². The van der Waals surface area contributed by atoms with E-state index in [0.29, 0.717) is 15.5 Å². The summed E-state index contributed by atoms with van der Waals surface area (Å²) in [4.78, 5) is 16.9. The molecule has 0 fully saturated rings. The third-order valence-electron chi connectivity index (χ3n) is 3.28. The van der Waals surface area contributed by atoms with Crippen molar-refractivity contribution in [2.24, 2.45) is 19.1 Å². The number of aromatic nitrogens is 3. The zero-order valence-corrected chi connectivity index (χ0v) is 13.4. The van der Waals surface area contributed by atoms with E-state index in [1.807, 2.05) is 30.7 Å². The summed E-state index contributed by atoms with van der Waals surface area (Å²) in [6, 6.07) is 5.46. The Labute approximate surface area is 130 Å². The molecule has 2 aromatic heterocycles. The second-order valence-electron chi connectivity index (χ2n) is 4.75. The minimum absolute atomic E-state index is 0.338. The van der Waals surface area contributed by atoms with Crippen LogP contribution in [0.2, 0.25) is 5.02 Å². The zero-order chi connectivity index (χ0) is 15.1. The molecule has 3 aromatic rings. The van der Waals surface area contributed by atoms with Gasteiger partial charge < -0.3 is 4.57 Å². The molecule has 0 saturated carbocycles. The maximum absolute atomic E-state index is 12.1. The second-order valence-corrected chi connectivity index (χ2v) is 6.17. The molecule has 0 saturated heterocycles. The molecular formula is C14H13ClN4OS. The number of rotatable bonds is 1. The van der Waals surface area contributed by atoms with Crippen molar-refractivity contribution < 1.29 is 4.79 Å². The molecule has 7 heteroatoms. The first-order valence-electron chi connectivity index (χ1n) is 6.30. The summed E-state index contributed by atoms with van der Waals surface area (Å²) in [6.07, 6.45) is 1.72. The molecule has 0 N–H and O–H groups in total. The van der Waals surface area contributed by atoms with E-state index in [1.54, 1.807) is 24.0 Å². The number of thiazole rings is 1. The summed E-state index contributed by atoms with van der Waals surface area (Å²) in [7, 11) is 3.65. The number of hydrogen-bond donors (Lipinski definition) is 0. The fourth-order valence-electron chi connectivity index (χ4n) is 2.18. The highest BCUT2D eigenvalue weighted by Gasteiger charge is 2.11. The van der Waals surface area contributed by atoms with Crippen molar-refractivity contribution in [3.8, 4) is 0 Å². The fourth-order valence-corrected chi connectivity index (χ4v) is 3.41. The monoisotopic (exact) mass is 320 g/mol. The Balaban J connectivity index is 2.17. The van der Waals surface area contributed by atoms with Gasteiger partial charge in [0.2, 0.25) is 0 Å². The summed E-state index contributed by atoms with van der Waals surface area (Å²) < 4.78 is 4.52. The highest BCUT2D eigenvalue weighted by Crippen LogP contribution is 2.26. The summed E-state index contributed by atoms with van der Waals surface area (Å²) in [5.41, 5.74) is 2.32. The number of carbonyl (C=O) groups is 1. The molecule has 1 amide bonds. The Kier molecular flexibility index (Phi) is 3.43. The molecule has 1 aromatic carbocycles. The van der Waals surface area contributed by atoms with Crippen LogP contribution in [0.4, 0.5) is 0 Å². The van der Waals surface area contributed by atoms with E-state index in [2.05, 4.69) is 10.1 Å². The van der Waals surface area contributed by atoms with Gasteiger partial charge in [-0.15, -0.1) is 0 Å². The Bertz CT molecular complexity index is 919. The van der Waals surface area contributed by atoms with Crippen molar-refractivity contribution in [2.45, 2.75) is 6.92 Å². The number of aryl methyl sites for hydroxylation is 3. The minimum Gasteiger partial charge on any atom is -0.319 e. The molecule has 3 rings (SSSR count). The van der Waals surface area contributed by atoms with E-state index in [9.17, 15) is 4.79 Å². The molecule has 0 aliphatic heterocycles. The Morgan fingerprint density at radius 3 is 2.76 bits per heavy atom. The first-order chi connectivity index (χ1) is 9.97. The van der Waals surface area contributed by atoms with E-state index in [0.717, 1.165) is 15.8 Å². The van der Waals surface area contributed by atoms with E-state index in [4.69, 9.17) is 11.6 Å². The Morgan fingerprint density at radius 1 is 1.33 bits per heavy atom. The minimum atomic E-state index is -0.346. The topological polar surface area (TPSA) is 52.2 Å². The number of halogens is 1. The lowest BCUT2D eigenvalue weighted by atomic mass is 10.2. The quantitative estimate of drug-likeness (QED) is 0.692. The van der Waals surface area contributed by atoms with E-state index < -0.39 is 0 Å². The van der Waals surface area contributed by atoms with Crippen LogP contribution in [0.1, 0.15) is 16.1 Å². The summed E-state index contributed by atoms with van der Waals surface area (Å²) >= 11 is 7.61. The van der Waals surface area contributed by atoms with Gasteiger partial charge in [0.25, 0.3) is 5.91 Å². The van der Waals surface area contributed by atoms with Crippen LogP contribution in [-0.4, -0.2) is 20.3 Å². The van der Waals surface area contributed by atoms with Crippen molar-refractivity contribution in [3.63, 3.8) is 0 Å². The number of fused-ring (bicyclic) bond motifs is 1. The highest BCUT2D eigenvalue weighted by atomic mass is 35.5. The Hall–Kier alpha value is -1.92. The third-order valence-corrected chi connectivity index (χ3v) is 4.79. The first-order valence-corrected chi connectivity index (χ1v) is 7.50. The molecule has 0 aliphatic carbocycles. The van der Waals surface area contributed by atoms with Crippen LogP contribution in [-0.2, 0) is 14.1 Å². The highest BCUT2D eigenvalue weighted by molar-refractivity contribution is 7.16. The molecular weight excluding hydrogens is 308 g/mol. The van der Waals surface area contributed by atoms with Gasteiger partial charge in [0.15, 0.2) is 10.5 Å². The lowest BCUT2D eigenvalue weighted by molar-refractivity contribution is 0.0992. The Morgan fingerprint density at radius 2 is 2.10 bits per heavy atom. The number of nitrogens with zero attached hydrogens (tertiary/aromatic N) is 4. The van der Waals surface area contributed by atoms with Gasteiger partial charge in [-0.3, -0.25) is 9.48 Å². The number of benzene rings is 1. The van der Waals surface area contributed by atoms with E-state index >= 15 is 0 Å². The predicted molar refractivity (Wildman–Crippen MR) is 83.6 cm³/mol. The summed E-state index contributed by atoms with van der Waals surface area (Å²) in [5, 5.41) is 4.78. The predicted octanol–water partition coefficient (Wildman–Crippen LogP) is 2.68. The van der Waals surface area contributed by atoms with Gasteiger partial charge in [0.1, 0.15) is 0 Å². The summed E-state index contributed by atoms with van der Waals surface area (Å²) in [6.45, 7) is 1.96. The zero-order valence-electron chi connectivity index (χ0n) is 11.8. The third kappa shape index (κ3) is 2.41. The molecule has 0 radical (unpaired) electrons. The van der Waals surface area contributed by atoms with Crippen molar-refractivity contribution in [1.29, 1.82) is 0 Å². The van der Waals surface area contributed by atoms with E-state index in [-0.39, 0.29) is 5.91 Å². The molecule has 5 nitrogen and oxygen atoms in total. The van der Waals surface area contributed by atoms with Crippen LogP contribution >= 0.6 is 22.9 Å². The van der Waals surface area contributed by atoms with Crippen molar-refractivity contribution >= 4 is 39.1 Å². The molecule has 21 heavy (non-hydrogen) atoms. The average Bonchev–Trinajstić information content (AvgIpc) is 3.00. The number of amides is 1. The number of hydrogen-bond acceptors (Lipinski definition) is 3. The van der Waals surface area contributed by atoms with Gasteiger partial charge >= 0.3 is 0 Å². The van der Waals surface area contributed by atoms with Gasteiger partial charge in [0.05, 0.1) is 10.2 Å². The maximum Gasteiger partial charge on any atom is 0.300 e. The van der Waals surface area contributed by atoms with Crippen LogP contribution in [0.3, 0.4) is 0 Å². The van der Waals surface area contributed by atoms with Crippen LogP contribution in [0.5, 0.6) is 0 Å². The van der Waals surface area contributed by atoms with Gasteiger partial charge in [-0.1, -0.05) is 22.9 Å². The van der Waals surface area contributed by atoms with Gasteiger partial charge in [-0.05, 0) is 30.7 Å². The van der Waals surface area contributed by atoms with Gasteiger partial charge in [-0.2, -0.15) is 10.1 Å². The second kappa shape index (κ2) is 5.13.